The molecule has 2 heterocycles. The van der Waals surface area contributed by atoms with E-state index in [1.807, 2.05) is 12.3 Å². The lowest BCUT2D eigenvalue weighted by Crippen LogP contribution is -2.28. The van der Waals surface area contributed by atoms with Crippen molar-refractivity contribution < 1.29 is 0 Å². The summed E-state index contributed by atoms with van der Waals surface area (Å²) >= 11 is 0. The van der Waals surface area contributed by atoms with Crippen LogP contribution in [0, 0.1) is 0 Å². The highest BCUT2D eigenvalue weighted by Gasteiger charge is 2.18. The van der Waals surface area contributed by atoms with Gasteiger partial charge in [0.15, 0.2) is 11.6 Å². The smallest absolute Gasteiger partial charge is 0.163 e. The molecule has 7 aromatic rings. The van der Waals surface area contributed by atoms with Gasteiger partial charge in [-0.05, 0) is 45.3 Å². The molecule has 1 atom stereocenters. The lowest BCUT2D eigenvalue weighted by Gasteiger charge is -2.15. The quantitative estimate of drug-likeness (QED) is 0.236. The zero-order valence-corrected chi connectivity index (χ0v) is 22.9. The van der Waals surface area contributed by atoms with Crippen molar-refractivity contribution in [1.82, 2.24) is 19.9 Å². The molecule has 0 bridgehead atoms. The van der Waals surface area contributed by atoms with Crippen molar-refractivity contribution in [3.8, 4) is 33.9 Å². The molecule has 198 valence electrons. The Bertz CT molecular complexity index is 2230. The summed E-state index contributed by atoms with van der Waals surface area (Å²) < 4.78 is 0. The van der Waals surface area contributed by atoms with E-state index < -0.39 is 0 Å². The maximum absolute atomic E-state index is 5.05. The zero-order valence-electron chi connectivity index (χ0n) is 22.9. The van der Waals surface area contributed by atoms with Crippen LogP contribution < -0.4 is 10.4 Å². The molecule has 1 aliphatic rings. The Kier molecular flexibility index (Phi) is 5.89. The average molecular weight is 539 g/mol. The largest absolute Gasteiger partial charge is 0.256 e. The monoisotopic (exact) mass is 538 g/mol. The van der Waals surface area contributed by atoms with Gasteiger partial charge in [0, 0.05) is 34.2 Å². The van der Waals surface area contributed by atoms with Gasteiger partial charge in [-0.2, -0.15) is 0 Å². The second-order valence-corrected chi connectivity index (χ2v) is 10.7. The van der Waals surface area contributed by atoms with Crippen LogP contribution >= 0.6 is 0 Å². The van der Waals surface area contributed by atoms with Crippen LogP contribution in [0.15, 0.2) is 128 Å². The molecule has 42 heavy (non-hydrogen) atoms. The molecule has 0 saturated heterocycles. The molecular weight excluding hydrogens is 512 g/mol. The Labute approximate surface area is 243 Å². The van der Waals surface area contributed by atoms with Crippen molar-refractivity contribution >= 4 is 33.8 Å². The number of para-hydroxylation sites is 1. The molecule has 0 N–H and O–H groups in total. The Morgan fingerprint density at radius 1 is 0.524 bits per heavy atom. The van der Waals surface area contributed by atoms with Gasteiger partial charge in [0.2, 0.25) is 0 Å². The number of hydrogen-bond acceptors (Lipinski definition) is 4. The van der Waals surface area contributed by atoms with Gasteiger partial charge in [0.05, 0.1) is 5.52 Å². The van der Waals surface area contributed by atoms with Crippen LogP contribution in [-0.4, -0.2) is 19.9 Å². The summed E-state index contributed by atoms with van der Waals surface area (Å²) in [6.07, 6.45) is 7.27. The summed E-state index contributed by atoms with van der Waals surface area (Å²) in [4.78, 5) is 19.8. The number of hydrogen-bond donors (Lipinski definition) is 0. The van der Waals surface area contributed by atoms with Crippen LogP contribution in [0.3, 0.4) is 0 Å². The molecule has 8 rings (SSSR count). The summed E-state index contributed by atoms with van der Waals surface area (Å²) in [5.74, 6) is 2.23. The van der Waals surface area contributed by atoms with E-state index in [-0.39, 0.29) is 5.92 Å². The molecule has 2 aromatic heterocycles. The third-order valence-electron chi connectivity index (χ3n) is 8.05. The fourth-order valence-electron chi connectivity index (χ4n) is 5.85. The standard InChI is InChI=1S/C38H26N4/c1-3-9-30-23-32(20-14-25(30)7-1)37-40-36(41-38(42-37)33-21-15-26-8-2-4-10-31(26)24-33)29-18-16-27(17-19-29)34-13-5-11-28-12-6-22-39-35(28)34/h1-20,22-24,33H,21H2. The van der Waals surface area contributed by atoms with Crippen molar-refractivity contribution in [2.75, 3.05) is 0 Å². The molecule has 0 aliphatic heterocycles. The maximum atomic E-state index is 5.05. The normalized spacial score (nSPS) is 14.2. The molecular formula is C38H26N4. The Morgan fingerprint density at radius 2 is 1.21 bits per heavy atom. The van der Waals surface area contributed by atoms with E-state index in [2.05, 4.69) is 132 Å². The number of benzene rings is 5. The summed E-state index contributed by atoms with van der Waals surface area (Å²) in [5, 5.41) is 5.97. The van der Waals surface area contributed by atoms with Crippen molar-refractivity contribution in [1.29, 1.82) is 0 Å². The SMILES string of the molecule is C1=c2ccccc2=CC(c2nc(-c3ccc(-c4cccc5cccnc45)cc3)nc(-c3ccc4ccccc4c3)n2)C1. The molecule has 0 amide bonds. The summed E-state index contributed by atoms with van der Waals surface area (Å²) in [7, 11) is 0. The minimum Gasteiger partial charge on any atom is -0.256 e. The first-order valence-corrected chi connectivity index (χ1v) is 14.3. The molecule has 4 heteroatoms. The molecule has 0 spiro atoms. The minimum atomic E-state index is 0.0712. The topological polar surface area (TPSA) is 51.6 Å². The first-order valence-electron chi connectivity index (χ1n) is 14.3. The molecule has 1 aliphatic carbocycles. The van der Waals surface area contributed by atoms with Crippen molar-refractivity contribution in [2.45, 2.75) is 12.3 Å². The molecule has 4 nitrogen and oxygen atoms in total. The molecule has 0 radical (unpaired) electrons. The van der Waals surface area contributed by atoms with Crippen LogP contribution in [0.5, 0.6) is 0 Å². The lowest BCUT2D eigenvalue weighted by molar-refractivity contribution is 0.808. The van der Waals surface area contributed by atoms with Crippen LogP contribution in [0.4, 0.5) is 0 Å². The van der Waals surface area contributed by atoms with Gasteiger partial charge in [-0.25, -0.2) is 15.0 Å². The Hall–Kier alpha value is -5.48. The Morgan fingerprint density at radius 3 is 2.10 bits per heavy atom. The lowest BCUT2D eigenvalue weighted by atomic mass is 9.96. The van der Waals surface area contributed by atoms with Crippen LogP contribution in [0.25, 0.3) is 67.7 Å². The second kappa shape index (κ2) is 10.2. The predicted molar refractivity (Wildman–Crippen MR) is 171 cm³/mol. The molecule has 1 unspecified atom stereocenters. The molecule has 0 saturated carbocycles. The van der Waals surface area contributed by atoms with Gasteiger partial charge in [-0.15, -0.1) is 0 Å². The highest BCUT2D eigenvalue weighted by atomic mass is 15.0. The third-order valence-corrected chi connectivity index (χ3v) is 8.05. The number of pyridine rings is 1. The summed E-state index contributed by atoms with van der Waals surface area (Å²) in [6.45, 7) is 0. The predicted octanol–water partition coefficient (Wildman–Crippen LogP) is 7.32. The highest BCUT2D eigenvalue weighted by molar-refractivity contribution is 5.93. The number of aromatic nitrogens is 4. The zero-order chi connectivity index (χ0) is 27.9. The van der Waals surface area contributed by atoms with Crippen LogP contribution in [-0.2, 0) is 0 Å². The van der Waals surface area contributed by atoms with Crippen LogP contribution in [0.1, 0.15) is 18.2 Å². The van der Waals surface area contributed by atoms with Gasteiger partial charge in [0.25, 0.3) is 0 Å². The third kappa shape index (κ3) is 4.43. The van der Waals surface area contributed by atoms with Crippen LogP contribution in [0.2, 0.25) is 0 Å². The summed E-state index contributed by atoms with van der Waals surface area (Å²) in [6, 6.07) is 42.1. The fourth-order valence-corrected chi connectivity index (χ4v) is 5.85. The van der Waals surface area contributed by atoms with E-state index in [9.17, 15) is 0 Å². The van der Waals surface area contributed by atoms with Crippen molar-refractivity contribution in [3.05, 3.63) is 144 Å². The average Bonchev–Trinajstić information content (AvgIpc) is 3.07. The van der Waals surface area contributed by atoms with Gasteiger partial charge >= 0.3 is 0 Å². The van der Waals surface area contributed by atoms with Gasteiger partial charge < -0.3 is 0 Å². The molecule has 5 aromatic carbocycles. The second-order valence-electron chi connectivity index (χ2n) is 10.7. The van der Waals surface area contributed by atoms with Crippen molar-refractivity contribution in [2.24, 2.45) is 0 Å². The molecule has 0 fully saturated rings. The Balaban J connectivity index is 1.25. The first kappa shape index (κ1) is 24.3. The maximum Gasteiger partial charge on any atom is 0.163 e. The van der Waals surface area contributed by atoms with Gasteiger partial charge in [0.1, 0.15) is 5.82 Å². The number of nitrogens with zero attached hydrogens (tertiary/aromatic N) is 4. The fraction of sp³-hybridized carbons (Fsp3) is 0.0526. The number of rotatable bonds is 4. The highest BCUT2D eigenvalue weighted by Crippen LogP contribution is 2.31. The van der Waals surface area contributed by atoms with Gasteiger partial charge in [-0.1, -0.05) is 121 Å². The first-order chi connectivity index (χ1) is 20.8. The van der Waals surface area contributed by atoms with E-state index in [1.54, 1.807) is 0 Å². The van der Waals surface area contributed by atoms with E-state index in [0.717, 1.165) is 50.8 Å². The van der Waals surface area contributed by atoms with Crippen molar-refractivity contribution in [3.63, 3.8) is 0 Å². The number of fused-ring (bicyclic) bond motifs is 3. The van der Waals surface area contributed by atoms with Gasteiger partial charge in [-0.3, -0.25) is 4.98 Å². The summed E-state index contributed by atoms with van der Waals surface area (Å²) in [5.41, 5.74) is 5.16. The van der Waals surface area contributed by atoms with E-state index in [1.165, 1.54) is 15.8 Å². The van der Waals surface area contributed by atoms with E-state index >= 15 is 0 Å². The van der Waals surface area contributed by atoms with E-state index in [4.69, 9.17) is 15.0 Å². The van der Waals surface area contributed by atoms with E-state index in [0.29, 0.717) is 11.6 Å². The minimum absolute atomic E-state index is 0.0712.